The summed E-state index contributed by atoms with van der Waals surface area (Å²) >= 11 is 0. The summed E-state index contributed by atoms with van der Waals surface area (Å²) in [6, 6.07) is -0.763. The maximum atomic E-state index is 13.7. The van der Waals surface area contributed by atoms with Gasteiger partial charge in [0, 0.05) is 26.1 Å². The van der Waals surface area contributed by atoms with Crippen molar-refractivity contribution < 1.29 is 43.8 Å². The topological polar surface area (TPSA) is 129 Å². The first kappa shape index (κ1) is 25.4. The van der Waals surface area contributed by atoms with Crippen LogP contribution in [-0.4, -0.2) is 108 Å². The minimum Gasteiger partial charge on any atom is -0.469 e. The molecule has 2 fully saturated rings. The third kappa shape index (κ3) is 7.08. The Bertz CT molecular complexity index is 513. The number of esters is 1. The van der Waals surface area contributed by atoms with Crippen LogP contribution in [0, 0.1) is 0 Å². The van der Waals surface area contributed by atoms with Gasteiger partial charge in [0.25, 0.3) is 0 Å². The van der Waals surface area contributed by atoms with E-state index in [1.165, 1.54) is 12.0 Å². The summed E-state index contributed by atoms with van der Waals surface area (Å²) in [6.07, 6.45) is -0.962. The Hall–Kier alpha value is -0.880. The fourth-order valence-electron chi connectivity index (χ4n) is 3.97. The summed E-state index contributed by atoms with van der Waals surface area (Å²) < 4.78 is 29.5. The molecule has 2 rings (SSSR count). The molecule has 2 aliphatic rings. The van der Waals surface area contributed by atoms with Gasteiger partial charge in [-0.2, -0.15) is 0 Å². The smallest absolute Gasteiger partial charge is 0.305 e. The largest absolute Gasteiger partial charge is 0.469 e. The van der Waals surface area contributed by atoms with Crippen LogP contribution >= 0.6 is 0 Å². The number of likely N-dealkylation sites (tertiary alicyclic amines) is 1. The lowest BCUT2D eigenvalue weighted by atomic mass is 10.1. The standard InChI is InChI=1S/C20H36FNO8/c1-28-16(24)8-6-4-2-3-5-7-9-29-20-19(27)18(26)15(30-20)11-22-10-13(21)17(25)14(22)12-23/h13-15,17-20,23,25-27H,2-12H2,1H3/t13-,14-,15-,17+,18-,19+,20+/m1/s1. The molecule has 10 heteroatoms. The van der Waals surface area contributed by atoms with Gasteiger partial charge in [-0.3, -0.25) is 9.69 Å². The van der Waals surface area contributed by atoms with E-state index >= 15 is 0 Å². The van der Waals surface area contributed by atoms with Gasteiger partial charge in [0.2, 0.25) is 0 Å². The fraction of sp³-hybridized carbons (Fsp3) is 0.950. The van der Waals surface area contributed by atoms with E-state index < -0.39 is 49.5 Å². The fourth-order valence-corrected chi connectivity index (χ4v) is 3.97. The van der Waals surface area contributed by atoms with Crippen molar-refractivity contribution in [3.05, 3.63) is 0 Å². The van der Waals surface area contributed by atoms with Crippen LogP contribution in [0.4, 0.5) is 4.39 Å². The molecule has 176 valence electrons. The molecule has 4 N–H and O–H groups in total. The van der Waals surface area contributed by atoms with E-state index in [9.17, 15) is 29.6 Å². The van der Waals surface area contributed by atoms with Crippen molar-refractivity contribution in [1.29, 1.82) is 0 Å². The molecule has 9 nitrogen and oxygen atoms in total. The van der Waals surface area contributed by atoms with Gasteiger partial charge < -0.3 is 34.6 Å². The average Bonchev–Trinajstić information content (AvgIpc) is 3.16. The van der Waals surface area contributed by atoms with Gasteiger partial charge >= 0.3 is 5.97 Å². The maximum absolute atomic E-state index is 13.7. The lowest BCUT2D eigenvalue weighted by Gasteiger charge is -2.27. The maximum Gasteiger partial charge on any atom is 0.305 e. The minimum absolute atomic E-state index is 0.0692. The van der Waals surface area contributed by atoms with E-state index in [4.69, 9.17) is 9.47 Å². The SMILES string of the molecule is COC(=O)CCCCCCCCO[C@H]1O[C@H](CN2C[C@@H](F)[C@H](O)[C@H]2CO)[C@@H](O)[C@@H]1O. The number of rotatable bonds is 13. The van der Waals surface area contributed by atoms with Crippen molar-refractivity contribution in [3.8, 4) is 0 Å². The van der Waals surface area contributed by atoms with Crippen LogP contribution in [0.15, 0.2) is 0 Å². The summed E-state index contributed by atoms with van der Waals surface area (Å²) in [5.74, 6) is -0.184. The Morgan fingerprint density at radius 3 is 2.40 bits per heavy atom. The number of ether oxygens (including phenoxy) is 3. The first-order valence-electron chi connectivity index (χ1n) is 10.8. The van der Waals surface area contributed by atoms with E-state index in [1.54, 1.807) is 0 Å². The van der Waals surface area contributed by atoms with E-state index in [1.807, 2.05) is 0 Å². The number of unbranched alkanes of at least 4 members (excludes halogenated alkanes) is 5. The molecule has 0 bridgehead atoms. The van der Waals surface area contributed by atoms with Crippen LogP contribution < -0.4 is 0 Å². The lowest BCUT2D eigenvalue weighted by Crippen LogP contribution is -2.45. The monoisotopic (exact) mass is 437 g/mol. The molecule has 2 heterocycles. The number of carbonyl (C=O) groups excluding carboxylic acids is 1. The van der Waals surface area contributed by atoms with Gasteiger partial charge in [0.05, 0.1) is 19.8 Å². The molecule has 0 aromatic rings. The van der Waals surface area contributed by atoms with Crippen molar-refractivity contribution in [1.82, 2.24) is 4.90 Å². The van der Waals surface area contributed by atoms with Crippen LogP contribution in [-0.2, 0) is 19.0 Å². The molecular formula is C20H36FNO8. The van der Waals surface area contributed by atoms with E-state index in [0.29, 0.717) is 13.0 Å². The second kappa shape index (κ2) is 12.8. The number of hydrogen-bond acceptors (Lipinski definition) is 9. The molecular weight excluding hydrogens is 401 g/mol. The predicted octanol–water partition coefficient (Wildman–Crippen LogP) is -0.271. The Balaban J connectivity index is 1.61. The lowest BCUT2D eigenvalue weighted by molar-refractivity contribution is -0.168. The first-order chi connectivity index (χ1) is 14.4. The molecule has 0 radical (unpaired) electrons. The van der Waals surface area contributed by atoms with Crippen molar-refractivity contribution in [3.63, 3.8) is 0 Å². The highest BCUT2D eigenvalue weighted by Crippen LogP contribution is 2.27. The third-order valence-electron chi connectivity index (χ3n) is 5.85. The van der Waals surface area contributed by atoms with Crippen LogP contribution in [0.3, 0.4) is 0 Å². The normalized spacial score (nSPS) is 34.5. The number of methoxy groups -OCH3 is 1. The zero-order valence-electron chi connectivity index (χ0n) is 17.6. The number of halogens is 1. The summed E-state index contributed by atoms with van der Waals surface area (Å²) in [5.41, 5.74) is 0. The molecule has 0 saturated carbocycles. The number of hydrogen-bond donors (Lipinski definition) is 4. The minimum atomic E-state index is -1.47. The number of aliphatic hydroxyl groups is 4. The van der Waals surface area contributed by atoms with Crippen LogP contribution in [0.25, 0.3) is 0 Å². The van der Waals surface area contributed by atoms with Gasteiger partial charge in [0.1, 0.15) is 30.6 Å². The number of alkyl halides is 1. The quantitative estimate of drug-likeness (QED) is 0.227. The molecule has 0 aromatic heterocycles. The number of carbonyl (C=O) groups is 1. The second-order valence-corrected chi connectivity index (χ2v) is 8.05. The van der Waals surface area contributed by atoms with E-state index in [-0.39, 0.29) is 19.1 Å². The zero-order chi connectivity index (χ0) is 22.1. The van der Waals surface area contributed by atoms with Crippen molar-refractivity contribution in [2.75, 3.05) is 33.4 Å². The molecule has 2 saturated heterocycles. The Kier molecular flexibility index (Phi) is 10.9. The van der Waals surface area contributed by atoms with Gasteiger partial charge in [-0.05, 0) is 12.8 Å². The molecule has 2 aliphatic heterocycles. The first-order valence-corrected chi connectivity index (χ1v) is 10.8. The highest BCUT2D eigenvalue weighted by atomic mass is 19.1. The second-order valence-electron chi connectivity index (χ2n) is 8.05. The number of nitrogens with zero attached hydrogens (tertiary/aromatic N) is 1. The predicted molar refractivity (Wildman–Crippen MR) is 104 cm³/mol. The highest BCUT2D eigenvalue weighted by Gasteiger charge is 2.47. The Morgan fingerprint density at radius 2 is 1.73 bits per heavy atom. The van der Waals surface area contributed by atoms with Gasteiger partial charge in [0.15, 0.2) is 6.29 Å². The summed E-state index contributed by atoms with van der Waals surface area (Å²) in [7, 11) is 1.39. The van der Waals surface area contributed by atoms with E-state index in [0.717, 1.165) is 38.5 Å². The van der Waals surface area contributed by atoms with Crippen LogP contribution in [0.5, 0.6) is 0 Å². The average molecular weight is 438 g/mol. The Labute approximate surface area is 176 Å². The van der Waals surface area contributed by atoms with Crippen molar-refractivity contribution in [2.45, 2.75) is 87.9 Å². The Morgan fingerprint density at radius 1 is 1.07 bits per heavy atom. The summed E-state index contributed by atoms with van der Waals surface area (Å²) in [5, 5.41) is 39.5. The van der Waals surface area contributed by atoms with E-state index in [2.05, 4.69) is 4.74 Å². The van der Waals surface area contributed by atoms with Crippen LogP contribution in [0.1, 0.15) is 44.9 Å². The molecule has 7 atom stereocenters. The number of aliphatic hydroxyl groups excluding tert-OH is 4. The molecule has 30 heavy (non-hydrogen) atoms. The van der Waals surface area contributed by atoms with Crippen molar-refractivity contribution >= 4 is 5.97 Å². The van der Waals surface area contributed by atoms with Gasteiger partial charge in [-0.25, -0.2) is 4.39 Å². The van der Waals surface area contributed by atoms with Gasteiger partial charge in [-0.1, -0.05) is 25.7 Å². The van der Waals surface area contributed by atoms with Gasteiger partial charge in [-0.15, -0.1) is 0 Å². The molecule has 0 amide bonds. The van der Waals surface area contributed by atoms with Crippen molar-refractivity contribution in [2.24, 2.45) is 0 Å². The molecule has 0 spiro atoms. The summed E-state index contributed by atoms with van der Waals surface area (Å²) in [4.78, 5) is 12.5. The highest BCUT2D eigenvalue weighted by molar-refractivity contribution is 5.68. The summed E-state index contributed by atoms with van der Waals surface area (Å²) in [6.45, 7) is -0.0280. The third-order valence-corrected chi connectivity index (χ3v) is 5.85. The molecule has 0 aromatic carbocycles. The molecule has 0 aliphatic carbocycles. The zero-order valence-corrected chi connectivity index (χ0v) is 17.6. The molecule has 0 unspecified atom stereocenters. The van der Waals surface area contributed by atoms with Crippen LogP contribution in [0.2, 0.25) is 0 Å².